The van der Waals surface area contributed by atoms with Gasteiger partial charge in [-0.05, 0) is 44.2 Å². The Hall–Kier alpha value is -1.09. The van der Waals surface area contributed by atoms with E-state index in [1.165, 1.54) is 38.2 Å². The van der Waals surface area contributed by atoms with Crippen molar-refractivity contribution in [1.82, 2.24) is 5.32 Å². The van der Waals surface area contributed by atoms with E-state index in [1.807, 2.05) is 19.1 Å². The molecule has 1 aliphatic carbocycles. The van der Waals surface area contributed by atoms with E-state index in [9.17, 15) is 4.39 Å². The van der Waals surface area contributed by atoms with E-state index in [0.717, 1.165) is 23.9 Å². The van der Waals surface area contributed by atoms with Gasteiger partial charge < -0.3 is 10.1 Å². The van der Waals surface area contributed by atoms with Crippen LogP contribution >= 0.6 is 0 Å². The first-order chi connectivity index (χ1) is 10.1. The lowest BCUT2D eigenvalue weighted by molar-refractivity contribution is 0.257. The van der Waals surface area contributed by atoms with Crippen LogP contribution in [0.5, 0.6) is 5.75 Å². The Bertz CT molecular complexity index is 441. The van der Waals surface area contributed by atoms with Gasteiger partial charge in [0, 0.05) is 17.7 Å². The molecule has 1 aromatic rings. The Labute approximate surface area is 128 Å². The molecule has 2 nitrogen and oxygen atoms in total. The SMILES string of the molecule is CCC1CCC(CNC(C)c2ccc(OC)cc2F)CC1. The second-order valence-electron chi connectivity index (χ2n) is 6.31. The van der Waals surface area contributed by atoms with Crippen molar-refractivity contribution in [1.29, 1.82) is 0 Å². The number of methoxy groups -OCH3 is 1. The maximum absolute atomic E-state index is 14.0. The fourth-order valence-corrected chi connectivity index (χ4v) is 3.28. The Morgan fingerprint density at radius 1 is 1.24 bits per heavy atom. The van der Waals surface area contributed by atoms with E-state index in [2.05, 4.69) is 12.2 Å². The molecule has 1 N–H and O–H groups in total. The normalized spacial score (nSPS) is 23.8. The quantitative estimate of drug-likeness (QED) is 0.820. The van der Waals surface area contributed by atoms with Crippen LogP contribution in [0.25, 0.3) is 0 Å². The molecule has 2 rings (SSSR count). The number of hydrogen-bond donors (Lipinski definition) is 1. The third-order valence-corrected chi connectivity index (χ3v) is 4.93. The molecule has 0 spiro atoms. The van der Waals surface area contributed by atoms with E-state index in [0.29, 0.717) is 5.75 Å². The average molecular weight is 293 g/mol. The summed E-state index contributed by atoms with van der Waals surface area (Å²) in [6, 6.07) is 5.14. The van der Waals surface area contributed by atoms with E-state index >= 15 is 0 Å². The molecule has 118 valence electrons. The van der Waals surface area contributed by atoms with Crippen LogP contribution in [-0.4, -0.2) is 13.7 Å². The Kier molecular flexibility index (Phi) is 6.04. The first-order valence-electron chi connectivity index (χ1n) is 8.20. The van der Waals surface area contributed by atoms with Crippen molar-refractivity contribution in [2.45, 2.75) is 52.0 Å². The van der Waals surface area contributed by atoms with Gasteiger partial charge in [0.15, 0.2) is 0 Å². The lowest BCUT2D eigenvalue weighted by atomic mass is 9.81. The predicted octanol–water partition coefficient (Wildman–Crippen LogP) is 4.70. The summed E-state index contributed by atoms with van der Waals surface area (Å²) in [4.78, 5) is 0. The molecule has 1 fully saturated rings. The van der Waals surface area contributed by atoms with Crippen molar-refractivity contribution in [2.24, 2.45) is 11.8 Å². The molecule has 3 heteroatoms. The first-order valence-corrected chi connectivity index (χ1v) is 8.20. The number of benzene rings is 1. The molecule has 0 radical (unpaired) electrons. The van der Waals surface area contributed by atoms with Crippen molar-refractivity contribution in [3.8, 4) is 5.75 Å². The van der Waals surface area contributed by atoms with Crippen molar-refractivity contribution in [3.63, 3.8) is 0 Å². The summed E-state index contributed by atoms with van der Waals surface area (Å²) in [6.45, 7) is 5.31. The minimum absolute atomic E-state index is 0.0415. The zero-order valence-corrected chi connectivity index (χ0v) is 13.5. The van der Waals surface area contributed by atoms with Gasteiger partial charge in [0.2, 0.25) is 0 Å². The van der Waals surface area contributed by atoms with E-state index in [1.54, 1.807) is 7.11 Å². The highest BCUT2D eigenvalue weighted by Crippen LogP contribution is 2.30. The molecule has 1 aliphatic rings. The summed E-state index contributed by atoms with van der Waals surface area (Å²) >= 11 is 0. The van der Waals surface area contributed by atoms with E-state index in [-0.39, 0.29) is 11.9 Å². The zero-order chi connectivity index (χ0) is 15.2. The molecular formula is C18H28FNO. The fraction of sp³-hybridized carbons (Fsp3) is 0.667. The van der Waals surface area contributed by atoms with Gasteiger partial charge >= 0.3 is 0 Å². The molecule has 1 aromatic carbocycles. The van der Waals surface area contributed by atoms with E-state index < -0.39 is 0 Å². The minimum atomic E-state index is -0.191. The third kappa shape index (κ3) is 4.44. The van der Waals surface area contributed by atoms with Gasteiger partial charge in [0.1, 0.15) is 11.6 Å². The van der Waals surface area contributed by atoms with Crippen LogP contribution in [0.4, 0.5) is 4.39 Å². The fourth-order valence-electron chi connectivity index (χ4n) is 3.28. The summed E-state index contributed by atoms with van der Waals surface area (Å²) in [5.41, 5.74) is 0.720. The average Bonchev–Trinajstić information content (AvgIpc) is 2.52. The van der Waals surface area contributed by atoms with Crippen LogP contribution in [0.3, 0.4) is 0 Å². The molecule has 0 aliphatic heterocycles. The molecule has 1 atom stereocenters. The molecule has 1 saturated carbocycles. The summed E-state index contributed by atoms with van der Waals surface area (Å²) in [6.07, 6.45) is 6.64. The van der Waals surface area contributed by atoms with Crippen LogP contribution in [-0.2, 0) is 0 Å². The number of hydrogen-bond acceptors (Lipinski definition) is 2. The maximum Gasteiger partial charge on any atom is 0.131 e. The highest BCUT2D eigenvalue weighted by molar-refractivity contribution is 5.30. The summed E-state index contributed by atoms with van der Waals surface area (Å²) in [7, 11) is 1.56. The van der Waals surface area contributed by atoms with Crippen LogP contribution in [0.15, 0.2) is 18.2 Å². The smallest absolute Gasteiger partial charge is 0.131 e. The van der Waals surface area contributed by atoms with Gasteiger partial charge in [0.25, 0.3) is 0 Å². The summed E-state index contributed by atoms with van der Waals surface area (Å²) < 4.78 is 19.1. The molecule has 0 aromatic heterocycles. The van der Waals surface area contributed by atoms with Crippen LogP contribution < -0.4 is 10.1 Å². The lowest BCUT2D eigenvalue weighted by Gasteiger charge is -2.29. The standard InChI is InChI=1S/C18H28FNO/c1-4-14-5-7-15(8-6-14)12-20-13(2)17-10-9-16(21-3)11-18(17)19/h9-11,13-15,20H,4-8,12H2,1-3H3. The van der Waals surface area contributed by atoms with Gasteiger partial charge in [-0.1, -0.05) is 32.3 Å². The summed E-state index contributed by atoms with van der Waals surface area (Å²) in [5.74, 6) is 2.06. The molecular weight excluding hydrogens is 265 g/mol. The second-order valence-corrected chi connectivity index (χ2v) is 6.31. The van der Waals surface area contributed by atoms with Crippen LogP contribution in [0, 0.1) is 17.7 Å². The Balaban J connectivity index is 1.83. The first kappa shape index (κ1) is 16.3. The number of rotatable bonds is 6. The van der Waals surface area contributed by atoms with E-state index in [4.69, 9.17) is 4.74 Å². The second kappa shape index (κ2) is 7.79. The molecule has 0 heterocycles. The minimum Gasteiger partial charge on any atom is -0.497 e. The lowest BCUT2D eigenvalue weighted by Crippen LogP contribution is -2.28. The van der Waals surface area contributed by atoms with Crippen molar-refractivity contribution in [2.75, 3.05) is 13.7 Å². The Morgan fingerprint density at radius 3 is 2.48 bits per heavy atom. The topological polar surface area (TPSA) is 21.3 Å². The molecule has 1 unspecified atom stereocenters. The van der Waals surface area contributed by atoms with Crippen molar-refractivity contribution >= 4 is 0 Å². The molecule has 0 saturated heterocycles. The zero-order valence-electron chi connectivity index (χ0n) is 13.5. The highest BCUT2D eigenvalue weighted by Gasteiger charge is 2.20. The van der Waals surface area contributed by atoms with Crippen LogP contribution in [0.1, 0.15) is 57.6 Å². The van der Waals surface area contributed by atoms with Gasteiger partial charge in [-0.25, -0.2) is 4.39 Å². The van der Waals surface area contributed by atoms with Gasteiger partial charge in [-0.3, -0.25) is 0 Å². The molecule has 21 heavy (non-hydrogen) atoms. The van der Waals surface area contributed by atoms with Gasteiger partial charge in [0.05, 0.1) is 7.11 Å². The number of halogens is 1. The van der Waals surface area contributed by atoms with Gasteiger partial charge in [-0.2, -0.15) is 0 Å². The van der Waals surface area contributed by atoms with Gasteiger partial charge in [-0.15, -0.1) is 0 Å². The molecule has 0 bridgehead atoms. The van der Waals surface area contributed by atoms with Crippen molar-refractivity contribution in [3.05, 3.63) is 29.6 Å². The van der Waals surface area contributed by atoms with Crippen LogP contribution in [0.2, 0.25) is 0 Å². The maximum atomic E-state index is 14.0. The Morgan fingerprint density at radius 2 is 1.90 bits per heavy atom. The van der Waals surface area contributed by atoms with Crippen molar-refractivity contribution < 1.29 is 9.13 Å². The largest absolute Gasteiger partial charge is 0.497 e. The molecule has 0 amide bonds. The predicted molar refractivity (Wildman–Crippen MR) is 85.1 cm³/mol. The highest BCUT2D eigenvalue weighted by atomic mass is 19.1. The third-order valence-electron chi connectivity index (χ3n) is 4.93. The summed E-state index contributed by atoms with van der Waals surface area (Å²) in [5, 5.41) is 3.50. The number of ether oxygens (including phenoxy) is 1. The number of nitrogens with one attached hydrogen (secondary N) is 1. The monoisotopic (exact) mass is 293 g/mol.